The number of hydrogen-bond donors (Lipinski definition) is 0. The molecule has 0 bridgehead atoms. The van der Waals surface area contributed by atoms with Gasteiger partial charge in [0.2, 0.25) is 0 Å². The summed E-state index contributed by atoms with van der Waals surface area (Å²) >= 11 is 0. The van der Waals surface area contributed by atoms with Crippen molar-refractivity contribution in [3.05, 3.63) is 213 Å². The molecular weight excluding hydrogens is 783 g/mol. The number of benzene rings is 9. The number of fused-ring (bicyclic) bond motifs is 9. The van der Waals surface area contributed by atoms with Gasteiger partial charge >= 0.3 is 0 Å². The Bertz CT molecular complexity index is 3960. The lowest BCUT2D eigenvalue weighted by Gasteiger charge is -2.16. The van der Waals surface area contributed by atoms with Crippen LogP contribution in [0.15, 0.2) is 217 Å². The fourth-order valence-electron chi connectivity index (χ4n) is 9.55. The van der Waals surface area contributed by atoms with Crippen LogP contribution in [0.5, 0.6) is 0 Å². The van der Waals surface area contributed by atoms with Crippen LogP contribution >= 0.6 is 0 Å². The first-order chi connectivity index (χ1) is 31.7. The second kappa shape index (κ2) is 14.4. The van der Waals surface area contributed by atoms with Gasteiger partial charge in [-0.2, -0.15) is 0 Å². The molecule has 0 unspecified atom stereocenters. The van der Waals surface area contributed by atoms with Gasteiger partial charge in [0.1, 0.15) is 5.58 Å². The third-order valence-electron chi connectivity index (χ3n) is 12.5. The maximum atomic E-state index is 6.51. The fraction of sp³-hybridized carbons (Fsp3) is 0. The van der Waals surface area contributed by atoms with Crippen LogP contribution < -0.4 is 0 Å². The molecular formula is C58H35N5O. The highest BCUT2D eigenvalue weighted by Gasteiger charge is 2.23. The van der Waals surface area contributed by atoms with Gasteiger partial charge < -0.3 is 8.98 Å². The van der Waals surface area contributed by atoms with Gasteiger partial charge in [-0.25, -0.2) is 15.0 Å². The molecule has 0 aliphatic rings. The van der Waals surface area contributed by atoms with Crippen molar-refractivity contribution in [2.24, 2.45) is 0 Å². The van der Waals surface area contributed by atoms with Crippen LogP contribution in [0.2, 0.25) is 0 Å². The van der Waals surface area contributed by atoms with E-state index in [1.54, 1.807) is 12.4 Å². The molecule has 298 valence electrons. The number of rotatable bonds is 6. The van der Waals surface area contributed by atoms with E-state index in [1.165, 1.54) is 38.4 Å². The third kappa shape index (κ3) is 5.73. The monoisotopic (exact) mass is 817 g/mol. The molecule has 0 atom stereocenters. The third-order valence-corrected chi connectivity index (χ3v) is 12.5. The van der Waals surface area contributed by atoms with Crippen molar-refractivity contribution >= 4 is 65.3 Å². The number of hydrogen-bond acceptors (Lipinski definition) is 5. The Morgan fingerprint density at radius 2 is 1.02 bits per heavy atom. The second-order valence-electron chi connectivity index (χ2n) is 16.2. The lowest BCUT2D eigenvalue weighted by atomic mass is 9.94. The molecule has 13 rings (SSSR count). The zero-order valence-electron chi connectivity index (χ0n) is 34.4. The SMILES string of the molecule is c1ccc(-c2ccc(-c3cc4c5ccccc5n(-c5ccccc5-c5nc(-c6ccc7ccccc7c6)nc(-c6cccc7c6oc6cnccc67)n5)c4c4ccccc34)cc2)cc1. The molecule has 0 spiro atoms. The molecule has 0 amide bonds. The van der Waals surface area contributed by atoms with E-state index >= 15 is 0 Å². The molecule has 0 fully saturated rings. The zero-order chi connectivity index (χ0) is 42.1. The first-order valence-electron chi connectivity index (χ1n) is 21.4. The summed E-state index contributed by atoms with van der Waals surface area (Å²) in [5.74, 6) is 1.66. The molecule has 0 saturated carbocycles. The summed E-state index contributed by atoms with van der Waals surface area (Å²) in [5, 5.41) is 8.91. The highest BCUT2D eigenvalue weighted by molar-refractivity contribution is 6.22. The van der Waals surface area contributed by atoms with Crippen molar-refractivity contribution < 1.29 is 4.42 Å². The van der Waals surface area contributed by atoms with Crippen molar-refractivity contribution in [1.82, 2.24) is 24.5 Å². The molecule has 64 heavy (non-hydrogen) atoms. The molecule has 0 saturated heterocycles. The number of pyridine rings is 1. The standard InChI is InChI=1S/C58H35N5O/c1-2-13-36(14-3-1)38-25-28-39(29-26-38)49-34-50-43-18-8-10-23-51(43)63(54(50)45-19-7-6-17-42(45)49)52-24-11-9-20-47(52)57-60-56(41-30-27-37-15-4-5-16-40(37)33-41)61-58(62-57)48-22-12-21-46-44-31-32-59-35-53(44)64-55(46)48/h1-35H. The highest BCUT2D eigenvalue weighted by atomic mass is 16.3. The van der Waals surface area contributed by atoms with E-state index in [0.29, 0.717) is 28.6 Å². The summed E-state index contributed by atoms with van der Waals surface area (Å²) in [6.45, 7) is 0. The van der Waals surface area contributed by atoms with Crippen molar-refractivity contribution in [3.63, 3.8) is 0 Å². The minimum Gasteiger partial charge on any atom is -0.454 e. The summed E-state index contributed by atoms with van der Waals surface area (Å²) < 4.78 is 8.91. The molecule has 0 radical (unpaired) electrons. The average molecular weight is 818 g/mol. The zero-order valence-corrected chi connectivity index (χ0v) is 34.4. The van der Waals surface area contributed by atoms with Crippen molar-refractivity contribution in [3.8, 4) is 62.1 Å². The van der Waals surface area contributed by atoms with Gasteiger partial charge in [0, 0.05) is 44.3 Å². The predicted molar refractivity (Wildman–Crippen MR) is 261 cm³/mol. The normalized spacial score (nSPS) is 11.8. The van der Waals surface area contributed by atoms with Gasteiger partial charge in [0.15, 0.2) is 23.1 Å². The molecule has 6 heteroatoms. The summed E-state index contributed by atoms with van der Waals surface area (Å²) in [5.41, 5.74) is 11.9. The Kier molecular flexibility index (Phi) is 8.11. The smallest absolute Gasteiger partial charge is 0.167 e. The number of nitrogens with zero attached hydrogens (tertiary/aromatic N) is 5. The van der Waals surface area contributed by atoms with Gasteiger partial charge in [-0.05, 0) is 80.9 Å². The fourth-order valence-corrected chi connectivity index (χ4v) is 9.55. The minimum atomic E-state index is 0.524. The van der Waals surface area contributed by atoms with Crippen molar-refractivity contribution in [1.29, 1.82) is 0 Å². The van der Waals surface area contributed by atoms with E-state index < -0.39 is 0 Å². The molecule has 0 aliphatic carbocycles. The van der Waals surface area contributed by atoms with Gasteiger partial charge in [-0.15, -0.1) is 0 Å². The predicted octanol–water partition coefficient (Wildman–Crippen LogP) is 14.9. The summed E-state index contributed by atoms with van der Waals surface area (Å²) in [6, 6.07) is 70.7. The van der Waals surface area contributed by atoms with Crippen LogP contribution in [0.1, 0.15) is 0 Å². The quantitative estimate of drug-likeness (QED) is 0.167. The lowest BCUT2D eigenvalue weighted by Crippen LogP contribution is -2.04. The lowest BCUT2D eigenvalue weighted by molar-refractivity contribution is 0.667. The first-order valence-corrected chi connectivity index (χ1v) is 21.4. The summed E-state index contributed by atoms with van der Waals surface area (Å²) in [4.78, 5) is 20.2. The Hall–Kier alpha value is -8.74. The maximum absolute atomic E-state index is 6.51. The van der Waals surface area contributed by atoms with Crippen LogP contribution in [0.3, 0.4) is 0 Å². The molecule has 4 aromatic heterocycles. The molecule has 0 N–H and O–H groups in total. The largest absolute Gasteiger partial charge is 0.454 e. The van der Waals surface area contributed by atoms with Gasteiger partial charge in [-0.1, -0.05) is 158 Å². The van der Waals surface area contributed by atoms with Crippen molar-refractivity contribution in [2.45, 2.75) is 0 Å². The average Bonchev–Trinajstić information content (AvgIpc) is 3.92. The maximum Gasteiger partial charge on any atom is 0.167 e. The van der Waals surface area contributed by atoms with Gasteiger partial charge in [-0.3, -0.25) is 4.98 Å². The van der Waals surface area contributed by atoms with Crippen LogP contribution in [0.4, 0.5) is 0 Å². The van der Waals surface area contributed by atoms with Gasteiger partial charge in [0.25, 0.3) is 0 Å². The topological polar surface area (TPSA) is 69.6 Å². The Morgan fingerprint density at radius 3 is 1.89 bits per heavy atom. The van der Waals surface area contributed by atoms with E-state index in [0.717, 1.165) is 60.3 Å². The highest BCUT2D eigenvalue weighted by Crippen LogP contribution is 2.43. The summed E-state index contributed by atoms with van der Waals surface area (Å²) in [7, 11) is 0. The van der Waals surface area contributed by atoms with E-state index in [9.17, 15) is 0 Å². The molecule has 6 nitrogen and oxygen atoms in total. The molecule has 4 heterocycles. The van der Waals surface area contributed by atoms with E-state index in [4.69, 9.17) is 19.4 Å². The van der Waals surface area contributed by atoms with Crippen LogP contribution in [0.25, 0.3) is 127 Å². The molecule has 9 aromatic carbocycles. The first kappa shape index (κ1) is 36.0. The van der Waals surface area contributed by atoms with Gasteiger partial charge in [0.05, 0.1) is 28.5 Å². The van der Waals surface area contributed by atoms with E-state index in [-0.39, 0.29) is 0 Å². The molecule has 0 aliphatic heterocycles. The minimum absolute atomic E-state index is 0.524. The van der Waals surface area contributed by atoms with E-state index in [2.05, 4.69) is 192 Å². The second-order valence-corrected chi connectivity index (χ2v) is 16.2. The number of furan rings is 1. The number of aromatic nitrogens is 5. The summed E-state index contributed by atoms with van der Waals surface area (Å²) in [6.07, 6.45) is 3.55. The van der Waals surface area contributed by atoms with Crippen molar-refractivity contribution in [2.75, 3.05) is 0 Å². The Morgan fingerprint density at radius 1 is 0.375 bits per heavy atom. The van der Waals surface area contributed by atoms with E-state index in [1.807, 2.05) is 18.2 Å². The van der Waals surface area contributed by atoms with Crippen LogP contribution in [0, 0.1) is 0 Å². The Balaban J connectivity index is 1.05. The van der Waals surface area contributed by atoms with Crippen LogP contribution in [-0.2, 0) is 0 Å². The molecule has 13 aromatic rings. The Labute approximate surface area is 367 Å². The van der Waals surface area contributed by atoms with Crippen LogP contribution in [-0.4, -0.2) is 24.5 Å². The number of para-hydroxylation sites is 3.